The van der Waals surface area contributed by atoms with E-state index in [-0.39, 0.29) is 17.2 Å². The first-order valence-corrected chi connectivity index (χ1v) is 4.74. The molecule has 0 bridgehead atoms. The highest BCUT2D eigenvalue weighted by Crippen LogP contribution is 2.33. The number of phenols is 3. The highest BCUT2D eigenvalue weighted by atomic mass is 16.3. The van der Waals surface area contributed by atoms with Crippen molar-refractivity contribution in [2.24, 2.45) is 0 Å². The number of benzene rings is 2. The Morgan fingerprint density at radius 1 is 0.750 bits per heavy atom. The van der Waals surface area contributed by atoms with E-state index in [1.165, 1.54) is 24.3 Å². The zero-order valence-electron chi connectivity index (χ0n) is 8.38. The third-order valence-corrected chi connectivity index (χ3v) is 2.15. The fraction of sp³-hybridized carbons (Fsp3) is 0. The molecule has 0 radical (unpaired) electrons. The molecule has 0 saturated carbocycles. The Morgan fingerprint density at radius 2 is 1.44 bits per heavy atom. The van der Waals surface area contributed by atoms with Gasteiger partial charge in [0.05, 0.1) is 11.4 Å². The summed E-state index contributed by atoms with van der Waals surface area (Å²) in [6.45, 7) is 0. The van der Waals surface area contributed by atoms with E-state index in [2.05, 4.69) is 5.32 Å². The number of nitrogens with one attached hydrogen (secondary N) is 1. The molecule has 0 aliphatic heterocycles. The largest absolute Gasteiger partial charge is 0.508 e. The molecule has 16 heavy (non-hydrogen) atoms. The van der Waals surface area contributed by atoms with Gasteiger partial charge in [0.2, 0.25) is 0 Å². The van der Waals surface area contributed by atoms with Crippen LogP contribution >= 0.6 is 0 Å². The minimum absolute atomic E-state index is 0.000975. The first-order chi connectivity index (χ1) is 7.66. The summed E-state index contributed by atoms with van der Waals surface area (Å²) in [5.41, 5.74) is 0.796. The predicted octanol–water partition coefficient (Wildman–Crippen LogP) is 2.55. The molecule has 2 rings (SSSR count). The number of anilines is 2. The van der Waals surface area contributed by atoms with Gasteiger partial charge in [-0.3, -0.25) is 0 Å². The Bertz CT molecular complexity index is 511. The van der Waals surface area contributed by atoms with Gasteiger partial charge in [-0.25, -0.2) is 0 Å². The van der Waals surface area contributed by atoms with Gasteiger partial charge in [0.25, 0.3) is 0 Å². The van der Waals surface area contributed by atoms with Crippen LogP contribution in [0.4, 0.5) is 11.4 Å². The lowest BCUT2D eigenvalue weighted by Gasteiger charge is -2.09. The normalized spacial score (nSPS) is 10.0. The van der Waals surface area contributed by atoms with Crippen molar-refractivity contribution in [3.63, 3.8) is 0 Å². The molecule has 0 aliphatic rings. The molecule has 4 heteroatoms. The van der Waals surface area contributed by atoms with Gasteiger partial charge >= 0.3 is 0 Å². The minimum atomic E-state index is 0.000975. The Morgan fingerprint density at radius 3 is 2.19 bits per heavy atom. The van der Waals surface area contributed by atoms with E-state index in [0.29, 0.717) is 11.4 Å². The van der Waals surface area contributed by atoms with E-state index in [4.69, 9.17) is 0 Å². The van der Waals surface area contributed by atoms with E-state index in [1.54, 1.807) is 18.2 Å². The van der Waals surface area contributed by atoms with Crippen molar-refractivity contribution in [1.82, 2.24) is 0 Å². The molecule has 0 heterocycles. The quantitative estimate of drug-likeness (QED) is 0.460. The van der Waals surface area contributed by atoms with Gasteiger partial charge in [-0.05, 0) is 24.3 Å². The fourth-order valence-electron chi connectivity index (χ4n) is 1.35. The average molecular weight is 217 g/mol. The van der Waals surface area contributed by atoms with Crippen LogP contribution in [0, 0.1) is 0 Å². The summed E-state index contributed by atoms with van der Waals surface area (Å²) in [5.74, 6) is 0.113. The molecule has 0 atom stereocenters. The molecule has 2 aromatic rings. The smallest absolute Gasteiger partial charge is 0.139 e. The standard InChI is InChI=1S/C12H11NO3/c14-8-5-6-12(16)10(7-8)13-9-3-1-2-4-11(9)15/h1-7,13-16H. The molecule has 2 aromatic carbocycles. The van der Waals surface area contributed by atoms with Crippen LogP contribution in [0.3, 0.4) is 0 Å². The first-order valence-electron chi connectivity index (χ1n) is 4.74. The van der Waals surface area contributed by atoms with E-state index in [0.717, 1.165) is 0 Å². The van der Waals surface area contributed by atoms with Gasteiger partial charge in [-0.1, -0.05) is 12.1 Å². The SMILES string of the molecule is Oc1ccc(O)c(Nc2ccccc2O)c1. The summed E-state index contributed by atoms with van der Waals surface area (Å²) in [6, 6.07) is 10.8. The molecule has 0 fully saturated rings. The maximum absolute atomic E-state index is 9.53. The lowest BCUT2D eigenvalue weighted by Crippen LogP contribution is -1.90. The monoisotopic (exact) mass is 217 g/mol. The van der Waals surface area contributed by atoms with Crippen molar-refractivity contribution in [3.05, 3.63) is 42.5 Å². The van der Waals surface area contributed by atoms with Crippen LogP contribution in [0.1, 0.15) is 0 Å². The van der Waals surface area contributed by atoms with Gasteiger partial charge in [0.1, 0.15) is 17.2 Å². The summed E-state index contributed by atoms with van der Waals surface area (Å²) in [5, 5.41) is 31.1. The van der Waals surface area contributed by atoms with Crippen molar-refractivity contribution >= 4 is 11.4 Å². The van der Waals surface area contributed by atoms with E-state index in [1.807, 2.05) is 0 Å². The van der Waals surface area contributed by atoms with Gasteiger partial charge in [0, 0.05) is 6.07 Å². The predicted molar refractivity (Wildman–Crippen MR) is 61.2 cm³/mol. The molecular weight excluding hydrogens is 206 g/mol. The third kappa shape index (κ3) is 2.00. The van der Waals surface area contributed by atoms with Crippen molar-refractivity contribution < 1.29 is 15.3 Å². The highest BCUT2D eigenvalue weighted by Gasteiger charge is 2.05. The number of hydrogen-bond acceptors (Lipinski definition) is 4. The van der Waals surface area contributed by atoms with Crippen LogP contribution in [0.25, 0.3) is 0 Å². The topological polar surface area (TPSA) is 72.7 Å². The van der Waals surface area contributed by atoms with Crippen LogP contribution < -0.4 is 5.32 Å². The van der Waals surface area contributed by atoms with Crippen molar-refractivity contribution in [3.8, 4) is 17.2 Å². The molecule has 0 spiro atoms. The Labute approximate surface area is 92.4 Å². The number of phenolic OH excluding ortho intramolecular Hbond substituents is 3. The van der Waals surface area contributed by atoms with Gasteiger partial charge in [-0.15, -0.1) is 0 Å². The van der Waals surface area contributed by atoms with Crippen LogP contribution in [-0.4, -0.2) is 15.3 Å². The zero-order valence-corrected chi connectivity index (χ0v) is 8.38. The second kappa shape index (κ2) is 4.02. The van der Waals surface area contributed by atoms with Gasteiger partial charge < -0.3 is 20.6 Å². The molecule has 0 unspecified atom stereocenters. The zero-order chi connectivity index (χ0) is 11.5. The average Bonchev–Trinajstić information content (AvgIpc) is 2.27. The van der Waals surface area contributed by atoms with E-state index in [9.17, 15) is 15.3 Å². The van der Waals surface area contributed by atoms with Crippen LogP contribution in [0.5, 0.6) is 17.2 Å². The highest BCUT2D eigenvalue weighted by molar-refractivity contribution is 5.70. The van der Waals surface area contributed by atoms with E-state index >= 15 is 0 Å². The number of aromatic hydroxyl groups is 3. The summed E-state index contributed by atoms with van der Waals surface area (Å²) >= 11 is 0. The number of hydrogen-bond donors (Lipinski definition) is 4. The molecule has 0 amide bonds. The van der Waals surface area contributed by atoms with Crippen molar-refractivity contribution in [2.45, 2.75) is 0 Å². The minimum Gasteiger partial charge on any atom is -0.508 e. The van der Waals surface area contributed by atoms with Crippen LogP contribution in [0.2, 0.25) is 0 Å². The molecule has 82 valence electrons. The summed E-state index contributed by atoms with van der Waals surface area (Å²) in [7, 11) is 0. The molecule has 0 saturated heterocycles. The Kier molecular flexibility index (Phi) is 2.55. The summed E-state index contributed by atoms with van der Waals surface area (Å²) < 4.78 is 0. The summed E-state index contributed by atoms with van der Waals surface area (Å²) in [6.07, 6.45) is 0. The second-order valence-electron chi connectivity index (χ2n) is 3.34. The van der Waals surface area contributed by atoms with Crippen LogP contribution in [0.15, 0.2) is 42.5 Å². The molecule has 4 nitrogen and oxygen atoms in total. The maximum Gasteiger partial charge on any atom is 0.139 e. The third-order valence-electron chi connectivity index (χ3n) is 2.15. The molecule has 0 aromatic heterocycles. The van der Waals surface area contributed by atoms with Crippen molar-refractivity contribution in [2.75, 3.05) is 5.32 Å². The van der Waals surface area contributed by atoms with Crippen LogP contribution in [-0.2, 0) is 0 Å². The Hall–Kier alpha value is -2.36. The fourth-order valence-corrected chi connectivity index (χ4v) is 1.35. The molecule has 4 N–H and O–H groups in total. The first kappa shape index (κ1) is 10.2. The second-order valence-corrected chi connectivity index (χ2v) is 3.34. The maximum atomic E-state index is 9.53. The van der Waals surface area contributed by atoms with E-state index < -0.39 is 0 Å². The number of rotatable bonds is 2. The van der Waals surface area contributed by atoms with Gasteiger partial charge in [-0.2, -0.15) is 0 Å². The summed E-state index contributed by atoms with van der Waals surface area (Å²) in [4.78, 5) is 0. The molecule has 0 aliphatic carbocycles. The lowest BCUT2D eigenvalue weighted by atomic mass is 10.2. The lowest BCUT2D eigenvalue weighted by molar-refractivity contribution is 0.461. The number of para-hydroxylation sites is 2. The van der Waals surface area contributed by atoms with Crippen molar-refractivity contribution in [1.29, 1.82) is 0 Å². The Balaban J connectivity index is 2.34. The molecular formula is C12H11NO3. The van der Waals surface area contributed by atoms with Gasteiger partial charge in [0.15, 0.2) is 0 Å².